The molecule has 0 radical (unpaired) electrons. The number of fused-ring (bicyclic) bond motifs is 2. The van der Waals surface area contributed by atoms with Crippen LogP contribution >= 0.6 is 0 Å². The van der Waals surface area contributed by atoms with E-state index in [4.69, 9.17) is 5.21 Å². The number of sulfonamides is 1. The van der Waals surface area contributed by atoms with Gasteiger partial charge in [0.05, 0.1) is 4.90 Å². The number of hydroxylamine groups is 1. The van der Waals surface area contributed by atoms with Gasteiger partial charge in [-0.25, -0.2) is 13.9 Å². The van der Waals surface area contributed by atoms with Crippen molar-refractivity contribution in [3.63, 3.8) is 0 Å². The minimum Gasteiger partial charge on any atom is -0.289 e. The zero-order valence-electron chi connectivity index (χ0n) is 15.9. The van der Waals surface area contributed by atoms with Gasteiger partial charge in [0.25, 0.3) is 5.91 Å². The molecule has 0 bridgehead atoms. The van der Waals surface area contributed by atoms with Crippen LogP contribution in [0.4, 0.5) is 0 Å². The molecule has 4 rings (SSSR count). The van der Waals surface area contributed by atoms with Crippen molar-refractivity contribution >= 4 is 37.5 Å². The lowest BCUT2D eigenvalue weighted by molar-refractivity contribution is -0.130. The van der Waals surface area contributed by atoms with Gasteiger partial charge in [0.2, 0.25) is 10.0 Å². The SMILES string of the molecule is O=C(NO)[C@@H](Cc1ccc2ccccc2c1)NS(=O)(=O)c1cccc2ccccc12. The molecule has 0 heterocycles. The van der Waals surface area contributed by atoms with E-state index in [9.17, 15) is 13.2 Å². The van der Waals surface area contributed by atoms with E-state index >= 15 is 0 Å². The Morgan fingerprint density at radius 1 is 0.833 bits per heavy atom. The number of hydrogen-bond acceptors (Lipinski definition) is 4. The number of nitrogens with one attached hydrogen (secondary N) is 2. The Morgan fingerprint density at radius 3 is 2.27 bits per heavy atom. The van der Waals surface area contributed by atoms with Gasteiger partial charge in [-0.15, -0.1) is 0 Å². The average Bonchev–Trinajstić information content (AvgIpc) is 2.77. The molecule has 0 spiro atoms. The van der Waals surface area contributed by atoms with Gasteiger partial charge >= 0.3 is 0 Å². The molecule has 1 amide bonds. The van der Waals surface area contributed by atoms with E-state index in [1.165, 1.54) is 6.07 Å². The number of benzene rings is 4. The first kappa shape index (κ1) is 20.0. The maximum Gasteiger partial charge on any atom is 0.261 e. The smallest absolute Gasteiger partial charge is 0.261 e. The molecule has 0 aliphatic carbocycles. The number of rotatable bonds is 6. The maximum absolute atomic E-state index is 13.1. The number of carbonyl (C=O) groups is 1. The van der Waals surface area contributed by atoms with E-state index in [1.807, 2.05) is 60.7 Å². The molecule has 4 aromatic carbocycles. The predicted molar refractivity (Wildman–Crippen MR) is 116 cm³/mol. The van der Waals surface area contributed by atoms with Gasteiger partial charge in [0, 0.05) is 5.39 Å². The number of hydrogen-bond donors (Lipinski definition) is 3. The standard InChI is InChI=1S/C23H20N2O4S/c26-23(24-27)21(15-16-12-13-17-6-1-2-8-19(17)14-16)25-30(28,29)22-11-5-9-18-7-3-4-10-20(18)22/h1-14,21,25,27H,15H2,(H,24,26)/t21-/m1/s1. The van der Waals surface area contributed by atoms with Crippen LogP contribution in [0, 0.1) is 0 Å². The summed E-state index contributed by atoms with van der Waals surface area (Å²) in [6.07, 6.45) is 0.0845. The van der Waals surface area contributed by atoms with E-state index in [0.29, 0.717) is 5.39 Å². The van der Waals surface area contributed by atoms with Crippen LogP contribution in [0.25, 0.3) is 21.5 Å². The highest BCUT2D eigenvalue weighted by Gasteiger charge is 2.27. The van der Waals surface area contributed by atoms with Crippen molar-refractivity contribution in [2.75, 3.05) is 0 Å². The minimum atomic E-state index is -4.03. The van der Waals surface area contributed by atoms with Crippen molar-refractivity contribution in [2.45, 2.75) is 17.4 Å². The van der Waals surface area contributed by atoms with Gasteiger partial charge in [-0.05, 0) is 34.2 Å². The summed E-state index contributed by atoms with van der Waals surface area (Å²) in [4.78, 5) is 12.3. The summed E-state index contributed by atoms with van der Waals surface area (Å²) in [7, 11) is -4.03. The van der Waals surface area contributed by atoms with Gasteiger partial charge in [0.15, 0.2) is 0 Å². The van der Waals surface area contributed by atoms with Gasteiger partial charge in [-0.1, -0.05) is 78.9 Å². The van der Waals surface area contributed by atoms with Crippen LogP contribution in [0.3, 0.4) is 0 Å². The quantitative estimate of drug-likeness (QED) is 0.329. The predicted octanol–water partition coefficient (Wildman–Crippen LogP) is 3.39. The summed E-state index contributed by atoms with van der Waals surface area (Å²) in [5.74, 6) is -0.827. The van der Waals surface area contributed by atoms with Crippen LogP contribution < -0.4 is 10.2 Å². The van der Waals surface area contributed by atoms with E-state index < -0.39 is 22.0 Å². The summed E-state index contributed by atoms with van der Waals surface area (Å²) in [6.45, 7) is 0. The first-order valence-corrected chi connectivity index (χ1v) is 10.9. The minimum absolute atomic E-state index is 0.0786. The topological polar surface area (TPSA) is 95.5 Å². The normalized spacial score (nSPS) is 12.7. The molecule has 0 saturated heterocycles. The van der Waals surface area contributed by atoms with Crippen LogP contribution in [-0.2, 0) is 21.2 Å². The van der Waals surface area contributed by atoms with Crippen molar-refractivity contribution in [1.29, 1.82) is 0 Å². The Bertz CT molecular complexity index is 1330. The van der Waals surface area contributed by atoms with Crippen LogP contribution in [0.5, 0.6) is 0 Å². The van der Waals surface area contributed by atoms with Crippen molar-refractivity contribution in [3.8, 4) is 0 Å². The molecule has 1 atom stereocenters. The average molecular weight is 420 g/mol. The third kappa shape index (κ3) is 4.04. The molecule has 7 heteroatoms. The monoisotopic (exact) mass is 420 g/mol. The van der Waals surface area contributed by atoms with Crippen molar-refractivity contribution in [3.05, 3.63) is 90.5 Å². The highest BCUT2D eigenvalue weighted by Crippen LogP contribution is 2.23. The van der Waals surface area contributed by atoms with E-state index in [1.54, 1.807) is 23.7 Å². The van der Waals surface area contributed by atoms with Crippen LogP contribution in [0.15, 0.2) is 89.8 Å². The van der Waals surface area contributed by atoms with Crippen LogP contribution in [-0.4, -0.2) is 25.6 Å². The van der Waals surface area contributed by atoms with E-state index in [-0.39, 0.29) is 11.3 Å². The molecule has 0 saturated carbocycles. The Hall–Kier alpha value is -3.26. The highest BCUT2D eigenvalue weighted by molar-refractivity contribution is 7.89. The zero-order valence-corrected chi connectivity index (χ0v) is 16.8. The van der Waals surface area contributed by atoms with Gasteiger partial charge in [-0.3, -0.25) is 10.0 Å². The zero-order chi connectivity index (χ0) is 21.1. The van der Waals surface area contributed by atoms with Crippen LogP contribution in [0.1, 0.15) is 5.56 Å². The number of amides is 1. The summed E-state index contributed by atoms with van der Waals surface area (Å²) < 4.78 is 28.7. The molecule has 30 heavy (non-hydrogen) atoms. The maximum atomic E-state index is 13.1. The lowest BCUT2D eigenvalue weighted by Gasteiger charge is -2.18. The molecule has 4 aromatic rings. The third-order valence-corrected chi connectivity index (χ3v) is 6.55. The first-order chi connectivity index (χ1) is 14.5. The fourth-order valence-electron chi connectivity index (χ4n) is 3.55. The lowest BCUT2D eigenvalue weighted by atomic mass is 10.0. The molecule has 0 aliphatic heterocycles. The molecular formula is C23H20N2O4S. The van der Waals surface area contributed by atoms with Crippen molar-refractivity contribution in [1.82, 2.24) is 10.2 Å². The second kappa shape index (κ2) is 8.23. The summed E-state index contributed by atoms with van der Waals surface area (Å²) in [5, 5.41) is 12.5. The van der Waals surface area contributed by atoms with Crippen molar-refractivity contribution in [2.24, 2.45) is 0 Å². The summed E-state index contributed by atoms with van der Waals surface area (Å²) in [6, 6.07) is 24.3. The van der Waals surface area contributed by atoms with Gasteiger partial charge in [-0.2, -0.15) is 4.72 Å². The molecular weight excluding hydrogens is 400 g/mol. The number of carbonyl (C=O) groups excluding carboxylic acids is 1. The first-order valence-electron chi connectivity index (χ1n) is 9.40. The molecule has 0 aromatic heterocycles. The molecule has 3 N–H and O–H groups in total. The van der Waals surface area contributed by atoms with Crippen molar-refractivity contribution < 1.29 is 18.4 Å². The second-order valence-electron chi connectivity index (χ2n) is 7.01. The largest absolute Gasteiger partial charge is 0.289 e. The molecule has 0 fully saturated rings. The summed E-state index contributed by atoms with van der Waals surface area (Å²) in [5.41, 5.74) is 2.33. The second-order valence-corrected chi connectivity index (χ2v) is 8.70. The summed E-state index contributed by atoms with van der Waals surface area (Å²) >= 11 is 0. The highest BCUT2D eigenvalue weighted by atomic mass is 32.2. The van der Waals surface area contributed by atoms with E-state index in [0.717, 1.165) is 21.7 Å². The van der Waals surface area contributed by atoms with Gasteiger partial charge < -0.3 is 0 Å². The molecule has 0 unspecified atom stereocenters. The Morgan fingerprint density at radius 2 is 1.50 bits per heavy atom. The van der Waals surface area contributed by atoms with E-state index in [2.05, 4.69) is 4.72 Å². The Balaban J connectivity index is 1.67. The van der Waals surface area contributed by atoms with Gasteiger partial charge in [0.1, 0.15) is 6.04 Å². The molecule has 6 nitrogen and oxygen atoms in total. The molecule has 0 aliphatic rings. The van der Waals surface area contributed by atoms with Crippen LogP contribution in [0.2, 0.25) is 0 Å². The third-order valence-electron chi connectivity index (χ3n) is 5.02. The lowest BCUT2D eigenvalue weighted by Crippen LogP contribution is -2.47. The Labute approximate surface area is 174 Å². The Kier molecular flexibility index (Phi) is 5.50. The fourth-order valence-corrected chi connectivity index (χ4v) is 4.97. The molecule has 152 valence electrons. The fraction of sp³-hybridized carbons (Fsp3) is 0.0870.